The lowest BCUT2D eigenvalue weighted by molar-refractivity contribution is 0.602. The van der Waals surface area contributed by atoms with Crippen molar-refractivity contribution in [2.24, 2.45) is 0 Å². The molecule has 0 atom stereocenters. The Morgan fingerprint density at radius 1 is 1.08 bits per heavy atom. The van der Waals surface area contributed by atoms with Gasteiger partial charge in [0.15, 0.2) is 15.0 Å². The summed E-state index contributed by atoms with van der Waals surface area (Å²) in [6, 6.07) is 17.1. The molecule has 1 aromatic heterocycles. The van der Waals surface area contributed by atoms with Gasteiger partial charge in [-0.05, 0) is 25.1 Å². The Kier molecular flexibility index (Phi) is 4.99. The molecule has 0 unspecified atom stereocenters. The zero-order chi connectivity index (χ0) is 18.0. The smallest absolute Gasteiger partial charge is 0.189 e. The minimum Gasteiger partial charge on any atom is -0.332 e. The number of sulfone groups is 1. The number of hydrogen-bond donors (Lipinski definition) is 1. The number of anilines is 2. The Balaban J connectivity index is 2.21. The van der Waals surface area contributed by atoms with Gasteiger partial charge < -0.3 is 5.32 Å². The van der Waals surface area contributed by atoms with Crippen molar-refractivity contribution >= 4 is 44.2 Å². The minimum absolute atomic E-state index is 0.108. The predicted octanol–water partition coefficient (Wildman–Crippen LogP) is 5.00. The molecular formula is C18H16N2O2S3. The molecule has 25 heavy (non-hydrogen) atoms. The summed E-state index contributed by atoms with van der Waals surface area (Å²) in [6.07, 6.45) is 1.16. The molecule has 3 aromatic rings. The normalized spacial score (nSPS) is 11.3. The summed E-state index contributed by atoms with van der Waals surface area (Å²) in [5.41, 5.74) is 3.00. The third-order valence-electron chi connectivity index (χ3n) is 3.49. The van der Waals surface area contributed by atoms with Crippen LogP contribution in [0.1, 0.15) is 5.56 Å². The van der Waals surface area contributed by atoms with Gasteiger partial charge in [0.25, 0.3) is 0 Å². The van der Waals surface area contributed by atoms with Crippen molar-refractivity contribution in [1.82, 2.24) is 4.98 Å². The monoisotopic (exact) mass is 388 g/mol. The number of nitrogens with one attached hydrogen (secondary N) is 1. The third kappa shape index (κ3) is 4.12. The number of hydrogen-bond acceptors (Lipinski definition) is 6. The van der Waals surface area contributed by atoms with Gasteiger partial charge in [-0.2, -0.15) is 0 Å². The summed E-state index contributed by atoms with van der Waals surface area (Å²) in [6.45, 7) is 1.95. The molecule has 0 aliphatic heterocycles. The zero-order valence-electron chi connectivity index (χ0n) is 13.7. The molecule has 0 aliphatic rings. The second kappa shape index (κ2) is 7.03. The van der Waals surface area contributed by atoms with Crippen LogP contribution in [0.3, 0.4) is 0 Å². The Hall–Kier alpha value is -2.09. The van der Waals surface area contributed by atoms with E-state index in [0.717, 1.165) is 34.4 Å². The highest BCUT2D eigenvalue weighted by Crippen LogP contribution is 2.33. The highest BCUT2D eigenvalue weighted by Gasteiger charge is 2.20. The molecule has 3 rings (SSSR count). The lowest BCUT2D eigenvalue weighted by atomic mass is 10.1. The van der Waals surface area contributed by atoms with Crippen molar-refractivity contribution in [2.45, 2.75) is 11.8 Å². The van der Waals surface area contributed by atoms with Crippen LogP contribution in [-0.2, 0) is 9.84 Å². The van der Waals surface area contributed by atoms with Gasteiger partial charge in [0, 0.05) is 17.5 Å². The molecular weight excluding hydrogens is 372 g/mol. The van der Waals surface area contributed by atoms with E-state index in [-0.39, 0.29) is 4.90 Å². The van der Waals surface area contributed by atoms with Gasteiger partial charge in [0.05, 0.1) is 5.69 Å². The van der Waals surface area contributed by atoms with Crippen LogP contribution in [0, 0.1) is 10.7 Å². The first-order chi connectivity index (χ1) is 11.8. The van der Waals surface area contributed by atoms with E-state index in [0.29, 0.717) is 14.6 Å². The molecule has 0 saturated heterocycles. The molecule has 0 bridgehead atoms. The van der Waals surface area contributed by atoms with E-state index in [9.17, 15) is 8.42 Å². The molecule has 0 fully saturated rings. The molecule has 0 spiro atoms. The summed E-state index contributed by atoms with van der Waals surface area (Å²) in [5, 5.41) is 3.75. The average Bonchev–Trinajstić information content (AvgIpc) is 2.54. The summed E-state index contributed by atoms with van der Waals surface area (Å²) >= 11 is 6.54. The van der Waals surface area contributed by atoms with Crippen LogP contribution >= 0.6 is 23.6 Å². The second-order valence-corrected chi connectivity index (χ2v) is 9.24. The van der Waals surface area contributed by atoms with Gasteiger partial charge in [-0.25, -0.2) is 13.4 Å². The maximum atomic E-state index is 12.3. The van der Waals surface area contributed by atoms with Crippen LogP contribution in [-0.4, -0.2) is 19.7 Å². The van der Waals surface area contributed by atoms with Crippen molar-refractivity contribution in [2.75, 3.05) is 11.6 Å². The van der Waals surface area contributed by atoms with Crippen molar-refractivity contribution in [3.05, 3.63) is 64.0 Å². The van der Waals surface area contributed by atoms with E-state index in [2.05, 4.69) is 10.3 Å². The Bertz CT molecular complexity index is 1070. The summed E-state index contributed by atoms with van der Waals surface area (Å²) in [4.78, 5) is 4.68. The first-order valence-electron chi connectivity index (χ1n) is 7.49. The molecule has 0 amide bonds. The molecule has 1 N–H and O–H groups in total. The first kappa shape index (κ1) is 17.7. The number of aromatic nitrogens is 1. The maximum absolute atomic E-state index is 12.3. The molecule has 2 aromatic carbocycles. The summed E-state index contributed by atoms with van der Waals surface area (Å²) < 4.78 is 24.9. The van der Waals surface area contributed by atoms with Gasteiger partial charge >= 0.3 is 0 Å². The third-order valence-corrected chi connectivity index (χ3v) is 6.12. The molecule has 0 saturated carbocycles. The lowest BCUT2D eigenvalue weighted by Crippen LogP contribution is -2.04. The van der Waals surface area contributed by atoms with E-state index in [4.69, 9.17) is 12.2 Å². The zero-order valence-corrected chi connectivity index (χ0v) is 16.1. The van der Waals surface area contributed by atoms with Crippen LogP contribution in [0.4, 0.5) is 10.8 Å². The molecule has 128 valence electrons. The van der Waals surface area contributed by atoms with Crippen molar-refractivity contribution in [1.29, 1.82) is 0 Å². The van der Waals surface area contributed by atoms with Gasteiger partial charge in [0.1, 0.15) is 8.72 Å². The van der Waals surface area contributed by atoms with Crippen LogP contribution in [0.15, 0.2) is 59.5 Å². The van der Waals surface area contributed by atoms with E-state index in [1.807, 2.05) is 61.5 Å². The van der Waals surface area contributed by atoms with Crippen LogP contribution in [0.25, 0.3) is 11.3 Å². The number of benzene rings is 2. The fourth-order valence-corrected chi connectivity index (χ4v) is 5.27. The standard InChI is InChI=1S/C18H16N2O2S3/c1-12-7-6-8-13(11-12)15-16(25(2,21)22)17(23)24-18(20-15)19-14-9-4-3-5-10-14/h3-11H,1-2H3,(H,19,20). The summed E-state index contributed by atoms with van der Waals surface area (Å²) in [5.74, 6) is 0. The van der Waals surface area contributed by atoms with E-state index < -0.39 is 9.84 Å². The molecule has 0 radical (unpaired) electrons. The lowest BCUT2D eigenvalue weighted by Gasteiger charge is -2.11. The Labute approximate surface area is 156 Å². The molecule has 1 heterocycles. The number of aryl methyl sites for hydroxylation is 1. The van der Waals surface area contributed by atoms with Crippen LogP contribution < -0.4 is 5.32 Å². The fourth-order valence-electron chi connectivity index (χ4n) is 2.42. The van der Waals surface area contributed by atoms with Gasteiger partial charge in [-0.15, -0.1) is 0 Å². The van der Waals surface area contributed by atoms with E-state index >= 15 is 0 Å². The first-order valence-corrected chi connectivity index (χ1v) is 10.6. The van der Waals surface area contributed by atoms with Crippen LogP contribution in [0.5, 0.6) is 0 Å². The fraction of sp³-hybridized carbons (Fsp3) is 0.111. The quantitative estimate of drug-likeness (QED) is 0.638. The van der Waals surface area contributed by atoms with Crippen molar-refractivity contribution < 1.29 is 8.42 Å². The summed E-state index contributed by atoms with van der Waals surface area (Å²) in [7, 11) is -3.50. The maximum Gasteiger partial charge on any atom is 0.189 e. The topological polar surface area (TPSA) is 59.1 Å². The second-order valence-electron chi connectivity index (χ2n) is 5.62. The Morgan fingerprint density at radius 3 is 2.44 bits per heavy atom. The highest BCUT2D eigenvalue weighted by molar-refractivity contribution is 7.91. The number of rotatable bonds is 4. The van der Waals surface area contributed by atoms with Gasteiger partial charge in [-0.1, -0.05) is 65.5 Å². The molecule has 0 aliphatic carbocycles. The van der Waals surface area contributed by atoms with Crippen molar-refractivity contribution in [3.8, 4) is 11.3 Å². The minimum atomic E-state index is -3.50. The van der Waals surface area contributed by atoms with Gasteiger partial charge in [-0.3, -0.25) is 0 Å². The van der Waals surface area contributed by atoms with Crippen LogP contribution in [0.2, 0.25) is 0 Å². The highest BCUT2D eigenvalue weighted by atomic mass is 32.2. The predicted molar refractivity (Wildman–Crippen MR) is 106 cm³/mol. The number of para-hydroxylation sites is 1. The largest absolute Gasteiger partial charge is 0.332 e. The van der Waals surface area contributed by atoms with E-state index in [1.54, 1.807) is 0 Å². The SMILES string of the molecule is Cc1cccc(-c2nc(Nc3ccccc3)sc(=S)c2S(C)(=O)=O)c1. The number of nitrogens with zero attached hydrogens (tertiary/aromatic N) is 1. The molecule has 7 heteroatoms. The van der Waals surface area contributed by atoms with E-state index in [1.165, 1.54) is 0 Å². The van der Waals surface area contributed by atoms with Crippen molar-refractivity contribution in [3.63, 3.8) is 0 Å². The Morgan fingerprint density at radius 2 is 1.80 bits per heavy atom. The van der Waals surface area contributed by atoms with Gasteiger partial charge in [0.2, 0.25) is 0 Å². The molecule has 4 nitrogen and oxygen atoms in total. The average molecular weight is 389 g/mol.